The van der Waals surface area contributed by atoms with Crippen molar-refractivity contribution in [2.75, 3.05) is 10.6 Å². The largest absolute Gasteiger partial charge is 0.380 e. The van der Waals surface area contributed by atoms with E-state index < -0.39 is 0 Å². The van der Waals surface area contributed by atoms with Crippen LogP contribution in [0.3, 0.4) is 0 Å². The van der Waals surface area contributed by atoms with Crippen molar-refractivity contribution in [3.8, 4) is 0 Å². The monoisotopic (exact) mass is 364 g/mol. The predicted molar refractivity (Wildman–Crippen MR) is 90.0 cm³/mol. The van der Waals surface area contributed by atoms with Crippen LogP contribution in [0.5, 0.6) is 0 Å². The SMILES string of the molecule is Cc1ccc(CNc2cc3c(cc2Cl)NC(=O)C3)cc1Br. The number of nitrogens with one attached hydrogen (secondary N) is 2. The second-order valence-electron chi connectivity index (χ2n) is 5.15. The number of benzene rings is 2. The van der Waals surface area contributed by atoms with Crippen LogP contribution in [0.2, 0.25) is 5.02 Å². The number of rotatable bonds is 3. The fraction of sp³-hybridized carbons (Fsp3) is 0.188. The molecule has 1 aliphatic rings. The fourth-order valence-electron chi connectivity index (χ4n) is 2.33. The minimum absolute atomic E-state index is 0.0145. The van der Waals surface area contributed by atoms with Gasteiger partial charge in [0.25, 0.3) is 0 Å². The van der Waals surface area contributed by atoms with Gasteiger partial charge in [0.15, 0.2) is 0 Å². The van der Waals surface area contributed by atoms with Gasteiger partial charge in [-0.25, -0.2) is 0 Å². The van der Waals surface area contributed by atoms with E-state index in [0.717, 1.165) is 21.4 Å². The van der Waals surface area contributed by atoms with Crippen LogP contribution in [0, 0.1) is 6.92 Å². The van der Waals surface area contributed by atoms with E-state index in [2.05, 4.69) is 51.7 Å². The lowest BCUT2D eigenvalue weighted by molar-refractivity contribution is -0.115. The summed E-state index contributed by atoms with van der Waals surface area (Å²) in [5, 5.41) is 6.74. The second-order valence-corrected chi connectivity index (χ2v) is 6.41. The Morgan fingerprint density at radius 2 is 2.14 bits per heavy atom. The summed E-state index contributed by atoms with van der Waals surface area (Å²) in [7, 11) is 0. The number of carbonyl (C=O) groups is 1. The number of fused-ring (bicyclic) bond motifs is 1. The van der Waals surface area contributed by atoms with Crippen molar-refractivity contribution in [1.82, 2.24) is 0 Å². The highest BCUT2D eigenvalue weighted by atomic mass is 79.9. The Morgan fingerprint density at radius 3 is 2.90 bits per heavy atom. The van der Waals surface area contributed by atoms with E-state index in [1.807, 2.05) is 6.07 Å². The summed E-state index contributed by atoms with van der Waals surface area (Å²) in [6, 6.07) is 10.00. The molecule has 2 aromatic carbocycles. The smallest absolute Gasteiger partial charge is 0.228 e. The van der Waals surface area contributed by atoms with Crippen molar-refractivity contribution in [2.45, 2.75) is 19.9 Å². The molecule has 0 aliphatic carbocycles. The molecule has 0 unspecified atom stereocenters. The van der Waals surface area contributed by atoms with Crippen LogP contribution >= 0.6 is 27.5 Å². The van der Waals surface area contributed by atoms with Crippen molar-refractivity contribution in [3.63, 3.8) is 0 Å². The van der Waals surface area contributed by atoms with Gasteiger partial charge in [-0.1, -0.05) is 39.7 Å². The first-order valence-corrected chi connectivity index (χ1v) is 7.81. The van der Waals surface area contributed by atoms with Crippen molar-refractivity contribution in [1.29, 1.82) is 0 Å². The molecule has 1 heterocycles. The van der Waals surface area contributed by atoms with E-state index in [-0.39, 0.29) is 5.91 Å². The minimum Gasteiger partial charge on any atom is -0.380 e. The maximum Gasteiger partial charge on any atom is 0.228 e. The molecule has 0 spiro atoms. The van der Waals surface area contributed by atoms with E-state index in [9.17, 15) is 4.79 Å². The van der Waals surface area contributed by atoms with Gasteiger partial charge >= 0.3 is 0 Å². The average molecular weight is 366 g/mol. The van der Waals surface area contributed by atoms with Crippen LogP contribution in [0.1, 0.15) is 16.7 Å². The molecule has 0 aromatic heterocycles. The highest BCUT2D eigenvalue weighted by molar-refractivity contribution is 9.10. The number of hydrogen-bond acceptors (Lipinski definition) is 2. The van der Waals surface area contributed by atoms with E-state index in [0.29, 0.717) is 18.0 Å². The Balaban J connectivity index is 1.78. The Bertz CT molecular complexity index is 730. The normalized spacial score (nSPS) is 13.0. The number of anilines is 2. The molecule has 0 saturated heterocycles. The summed E-state index contributed by atoms with van der Waals surface area (Å²) in [6.45, 7) is 2.74. The van der Waals surface area contributed by atoms with Crippen LogP contribution in [-0.2, 0) is 17.8 Å². The molecular weight excluding hydrogens is 352 g/mol. The van der Waals surface area contributed by atoms with E-state index >= 15 is 0 Å². The predicted octanol–water partition coefficient (Wildman–Crippen LogP) is 4.52. The summed E-state index contributed by atoms with van der Waals surface area (Å²) < 4.78 is 1.09. The second kappa shape index (κ2) is 5.70. The third-order valence-corrected chi connectivity index (χ3v) is 4.70. The highest BCUT2D eigenvalue weighted by Gasteiger charge is 2.19. The van der Waals surface area contributed by atoms with Gasteiger partial charge in [0.1, 0.15) is 0 Å². The first-order chi connectivity index (χ1) is 10.0. The van der Waals surface area contributed by atoms with Gasteiger partial charge in [-0.2, -0.15) is 0 Å². The zero-order chi connectivity index (χ0) is 15.0. The zero-order valence-corrected chi connectivity index (χ0v) is 13.8. The lowest BCUT2D eigenvalue weighted by Crippen LogP contribution is -2.03. The molecular formula is C16H14BrClN2O. The fourth-order valence-corrected chi connectivity index (χ4v) is 2.98. The molecule has 108 valence electrons. The maximum absolute atomic E-state index is 11.4. The molecule has 1 amide bonds. The van der Waals surface area contributed by atoms with E-state index in [1.54, 1.807) is 6.07 Å². The number of amides is 1. The van der Waals surface area contributed by atoms with E-state index in [4.69, 9.17) is 11.6 Å². The number of aryl methyl sites for hydroxylation is 1. The number of hydrogen-bond donors (Lipinski definition) is 2. The lowest BCUT2D eigenvalue weighted by Gasteiger charge is -2.11. The summed E-state index contributed by atoms with van der Waals surface area (Å²) in [5.41, 5.74) is 5.02. The number of halogens is 2. The standard InChI is InChI=1S/C16H14BrClN2O/c1-9-2-3-10(4-12(9)17)8-19-15-5-11-6-16(21)20-14(11)7-13(15)18/h2-5,7,19H,6,8H2,1H3,(H,20,21). The quantitative estimate of drug-likeness (QED) is 0.840. The van der Waals surface area contributed by atoms with Gasteiger partial charge in [0.05, 0.1) is 17.1 Å². The van der Waals surface area contributed by atoms with Crippen molar-refractivity contribution in [3.05, 3.63) is 56.5 Å². The van der Waals surface area contributed by atoms with Crippen LogP contribution < -0.4 is 10.6 Å². The van der Waals surface area contributed by atoms with Crippen molar-refractivity contribution >= 4 is 44.8 Å². The summed E-state index contributed by atoms with van der Waals surface area (Å²) in [5.74, 6) is 0.0145. The summed E-state index contributed by atoms with van der Waals surface area (Å²) in [6.07, 6.45) is 0.414. The molecule has 2 aromatic rings. The first kappa shape index (κ1) is 14.4. The Morgan fingerprint density at radius 1 is 1.33 bits per heavy atom. The third kappa shape index (κ3) is 3.06. The van der Waals surface area contributed by atoms with Crippen LogP contribution in [0.15, 0.2) is 34.8 Å². The average Bonchev–Trinajstić information content (AvgIpc) is 2.79. The molecule has 0 atom stereocenters. The number of carbonyl (C=O) groups excluding carboxylic acids is 1. The molecule has 21 heavy (non-hydrogen) atoms. The molecule has 2 N–H and O–H groups in total. The highest BCUT2D eigenvalue weighted by Crippen LogP contribution is 2.33. The molecule has 1 aliphatic heterocycles. The minimum atomic E-state index is 0.0145. The maximum atomic E-state index is 11.4. The summed E-state index contributed by atoms with van der Waals surface area (Å²) >= 11 is 9.79. The van der Waals surface area contributed by atoms with Gasteiger partial charge in [0.2, 0.25) is 5.91 Å². The summed E-state index contributed by atoms with van der Waals surface area (Å²) in [4.78, 5) is 11.4. The Hall–Kier alpha value is -1.52. The molecule has 5 heteroatoms. The van der Waals surface area contributed by atoms with Gasteiger partial charge in [-0.15, -0.1) is 0 Å². The lowest BCUT2D eigenvalue weighted by atomic mass is 10.1. The van der Waals surface area contributed by atoms with Crippen molar-refractivity contribution in [2.24, 2.45) is 0 Å². The van der Waals surface area contributed by atoms with Crippen LogP contribution in [-0.4, -0.2) is 5.91 Å². The van der Waals surface area contributed by atoms with Gasteiger partial charge < -0.3 is 10.6 Å². The molecule has 0 fully saturated rings. The third-order valence-electron chi connectivity index (χ3n) is 3.54. The zero-order valence-electron chi connectivity index (χ0n) is 11.5. The molecule has 0 bridgehead atoms. The molecule has 3 rings (SSSR count). The Labute approximate surface area is 136 Å². The topological polar surface area (TPSA) is 41.1 Å². The van der Waals surface area contributed by atoms with Crippen LogP contribution in [0.4, 0.5) is 11.4 Å². The van der Waals surface area contributed by atoms with Gasteiger partial charge in [0, 0.05) is 16.7 Å². The molecule has 0 saturated carbocycles. The van der Waals surface area contributed by atoms with Crippen LogP contribution in [0.25, 0.3) is 0 Å². The van der Waals surface area contributed by atoms with Gasteiger partial charge in [-0.3, -0.25) is 4.79 Å². The first-order valence-electron chi connectivity index (χ1n) is 6.64. The molecule has 3 nitrogen and oxygen atoms in total. The Kier molecular flexibility index (Phi) is 3.91. The molecule has 0 radical (unpaired) electrons. The van der Waals surface area contributed by atoms with Crippen molar-refractivity contribution < 1.29 is 4.79 Å². The van der Waals surface area contributed by atoms with E-state index in [1.165, 1.54) is 11.1 Å². The van der Waals surface area contributed by atoms with Gasteiger partial charge in [-0.05, 0) is 41.8 Å².